The Hall–Kier alpha value is -0.790. The minimum Gasteiger partial charge on any atom is -0.464 e. The molecule has 0 heterocycles. The number of carbonyl (C=O) groups is 1. The third-order valence-corrected chi connectivity index (χ3v) is 5.15. The second kappa shape index (κ2) is 3.10. The van der Waals surface area contributed by atoms with Gasteiger partial charge in [-0.1, -0.05) is 19.1 Å². The van der Waals surface area contributed by atoms with Crippen molar-refractivity contribution in [3.05, 3.63) is 12.2 Å². The second-order valence-electron chi connectivity index (χ2n) is 5.57. The van der Waals surface area contributed by atoms with Crippen molar-refractivity contribution < 1.29 is 9.53 Å². The molecule has 0 aliphatic heterocycles. The van der Waals surface area contributed by atoms with Crippen molar-refractivity contribution in [1.29, 1.82) is 0 Å². The zero-order valence-electron chi connectivity index (χ0n) is 9.19. The van der Waals surface area contributed by atoms with E-state index < -0.39 is 0 Å². The van der Waals surface area contributed by atoms with Crippen LogP contribution in [0.3, 0.4) is 0 Å². The van der Waals surface area contributed by atoms with Crippen LogP contribution in [-0.2, 0) is 9.53 Å². The van der Waals surface area contributed by atoms with Crippen LogP contribution in [0.5, 0.6) is 0 Å². The molecular formula is C13H18O2. The van der Waals surface area contributed by atoms with Crippen molar-refractivity contribution in [3.8, 4) is 0 Å². The van der Waals surface area contributed by atoms with Gasteiger partial charge in [-0.3, -0.25) is 4.79 Å². The third-order valence-electron chi connectivity index (χ3n) is 5.15. The van der Waals surface area contributed by atoms with E-state index in [4.69, 9.17) is 4.74 Å². The highest BCUT2D eigenvalue weighted by atomic mass is 16.5. The van der Waals surface area contributed by atoms with Crippen LogP contribution in [0, 0.1) is 29.6 Å². The highest BCUT2D eigenvalue weighted by Crippen LogP contribution is 2.58. The van der Waals surface area contributed by atoms with Crippen molar-refractivity contribution in [2.24, 2.45) is 29.6 Å². The molecule has 0 amide bonds. The number of hydrogen-bond donors (Lipinski definition) is 0. The zero-order chi connectivity index (χ0) is 10.6. The highest BCUT2D eigenvalue weighted by molar-refractivity contribution is 5.38. The van der Waals surface area contributed by atoms with Crippen LogP contribution in [0.1, 0.15) is 26.2 Å². The van der Waals surface area contributed by atoms with Crippen molar-refractivity contribution >= 4 is 6.47 Å². The summed E-state index contributed by atoms with van der Waals surface area (Å²) < 4.78 is 5.32. The van der Waals surface area contributed by atoms with Crippen molar-refractivity contribution in [1.82, 2.24) is 0 Å². The Kier molecular flexibility index (Phi) is 1.95. The summed E-state index contributed by atoms with van der Waals surface area (Å²) in [5.41, 5.74) is 1.36. The fourth-order valence-corrected chi connectivity index (χ4v) is 4.30. The maximum Gasteiger partial charge on any atom is 0.293 e. The zero-order valence-corrected chi connectivity index (χ0v) is 9.19. The minimum atomic E-state index is 0.137. The quantitative estimate of drug-likeness (QED) is 0.512. The first-order chi connectivity index (χ1) is 7.22. The molecule has 4 aliphatic carbocycles. The van der Waals surface area contributed by atoms with Crippen LogP contribution in [0.4, 0.5) is 0 Å². The molecule has 0 aromatic heterocycles. The van der Waals surface area contributed by atoms with Gasteiger partial charge in [-0.25, -0.2) is 0 Å². The van der Waals surface area contributed by atoms with E-state index in [1.807, 2.05) is 0 Å². The maximum absolute atomic E-state index is 10.6. The molecule has 6 atom stereocenters. The lowest BCUT2D eigenvalue weighted by molar-refractivity contribution is -0.155. The van der Waals surface area contributed by atoms with Gasteiger partial charge < -0.3 is 4.74 Å². The van der Waals surface area contributed by atoms with Crippen molar-refractivity contribution in [3.63, 3.8) is 0 Å². The Bertz CT molecular complexity index is 310. The van der Waals surface area contributed by atoms with E-state index in [-0.39, 0.29) is 6.10 Å². The second-order valence-corrected chi connectivity index (χ2v) is 5.57. The maximum atomic E-state index is 10.6. The molecule has 6 unspecified atom stereocenters. The van der Waals surface area contributed by atoms with E-state index in [2.05, 4.69) is 13.5 Å². The number of carbonyl (C=O) groups excluding carboxylic acids is 1. The molecule has 4 bridgehead atoms. The summed E-state index contributed by atoms with van der Waals surface area (Å²) in [5, 5.41) is 0. The van der Waals surface area contributed by atoms with E-state index in [9.17, 15) is 4.79 Å². The first kappa shape index (κ1) is 9.44. The molecule has 2 nitrogen and oxygen atoms in total. The molecule has 0 N–H and O–H groups in total. The molecule has 4 saturated carbocycles. The normalized spacial score (nSPS) is 51.9. The van der Waals surface area contributed by atoms with E-state index in [0.717, 1.165) is 17.8 Å². The van der Waals surface area contributed by atoms with Crippen molar-refractivity contribution in [2.75, 3.05) is 0 Å². The molecule has 0 radical (unpaired) electrons. The SMILES string of the molecule is C=C1C2CC3CC1C(OC=O)C(C2)C3C. The molecule has 82 valence electrons. The summed E-state index contributed by atoms with van der Waals surface area (Å²) in [4.78, 5) is 10.6. The molecule has 4 fully saturated rings. The van der Waals surface area contributed by atoms with Crippen LogP contribution >= 0.6 is 0 Å². The molecule has 0 saturated heterocycles. The largest absolute Gasteiger partial charge is 0.464 e. The summed E-state index contributed by atoms with van der Waals surface area (Å²) in [7, 11) is 0. The molecule has 0 spiro atoms. The van der Waals surface area contributed by atoms with Gasteiger partial charge in [0.2, 0.25) is 0 Å². The summed E-state index contributed by atoms with van der Waals surface area (Å²) in [6.07, 6.45) is 3.87. The Morgan fingerprint density at radius 2 is 2.20 bits per heavy atom. The fraction of sp³-hybridized carbons (Fsp3) is 0.769. The lowest BCUT2D eigenvalue weighted by atomic mass is 9.49. The van der Waals surface area contributed by atoms with E-state index in [0.29, 0.717) is 18.3 Å². The Labute approximate surface area is 90.7 Å². The van der Waals surface area contributed by atoms with Gasteiger partial charge in [0, 0.05) is 5.92 Å². The number of ether oxygens (including phenoxy) is 1. The van der Waals surface area contributed by atoms with Crippen LogP contribution in [-0.4, -0.2) is 12.6 Å². The van der Waals surface area contributed by atoms with Gasteiger partial charge in [0.15, 0.2) is 0 Å². The monoisotopic (exact) mass is 206 g/mol. The van der Waals surface area contributed by atoms with E-state index in [1.54, 1.807) is 0 Å². The van der Waals surface area contributed by atoms with Crippen LogP contribution in [0.25, 0.3) is 0 Å². The van der Waals surface area contributed by atoms with E-state index in [1.165, 1.54) is 24.8 Å². The minimum absolute atomic E-state index is 0.137. The molecular weight excluding hydrogens is 188 g/mol. The smallest absolute Gasteiger partial charge is 0.293 e. The summed E-state index contributed by atoms with van der Waals surface area (Å²) in [5.74, 6) is 3.38. The highest BCUT2D eigenvalue weighted by Gasteiger charge is 2.54. The van der Waals surface area contributed by atoms with Gasteiger partial charge in [0.05, 0.1) is 0 Å². The van der Waals surface area contributed by atoms with Crippen LogP contribution in [0.2, 0.25) is 0 Å². The van der Waals surface area contributed by atoms with Gasteiger partial charge in [0.1, 0.15) is 6.10 Å². The molecule has 4 aliphatic rings. The summed E-state index contributed by atoms with van der Waals surface area (Å²) >= 11 is 0. The third kappa shape index (κ3) is 1.14. The number of hydrogen-bond acceptors (Lipinski definition) is 2. The molecule has 2 heteroatoms. The van der Waals surface area contributed by atoms with Crippen molar-refractivity contribution in [2.45, 2.75) is 32.3 Å². The lowest BCUT2D eigenvalue weighted by Crippen LogP contribution is -2.54. The average Bonchev–Trinajstić information content (AvgIpc) is 2.21. The van der Waals surface area contributed by atoms with Crippen LogP contribution in [0.15, 0.2) is 12.2 Å². The average molecular weight is 206 g/mol. The fourth-order valence-electron chi connectivity index (χ4n) is 4.30. The standard InChI is InChI=1S/C13H18O2/c1-7-9-3-10-5-11(7)13(15-6-14)12(4-9)8(10)2/h6,8-13H,1,3-5H2,2H3. The lowest BCUT2D eigenvalue weighted by Gasteiger charge is -2.57. The van der Waals surface area contributed by atoms with Gasteiger partial charge in [-0.15, -0.1) is 0 Å². The van der Waals surface area contributed by atoms with E-state index >= 15 is 0 Å². The van der Waals surface area contributed by atoms with Crippen LogP contribution < -0.4 is 0 Å². The first-order valence-corrected chi connectivity index (χ1v) is 6.00. The topological polar surface area (TPSA) is 26.3 Å². The predicted octanol–water partition coefficient (Wildman–Crippen LogP) is 2.40. The Balaban J connectivity index is 1.93. The Morgan fingerprint density at radius 1 is 1.40 bits per heavy atom. The molecule has 0 aromatic rings. The first-order valence-electron chi connectivity index (χ1n) is 6.00. The molecule has 0 aromatic carbocycles. The Morgan fingerprint density at radius 3 is 2.93 bits per heavy atom. The van der Waals surface area contributed by atoms with Gasteiger partial charge in [0.25, 0.3) is 6.47 Å². The van der Waals surface area contributed by atoms with Gasteiger partial charge in [-0.2, -0.15) is 0 Å². The summed E-state index contributed by atoms with van der Waals surface area (Å²) in [6, 6.07) is 0. The number of rotatable bonds is 2. The van der Waals surface area contributed by atoms with Gasteiger partial charge >= 0.3 is 0 Å². The molecule has 15 heavy (non-hydrogen) atoms. The predicted molar refractivity (Wildman–Crippen MR) is 57.1 cm³/mol. The summed E-state index contributed by atoms with van der Waals surface area (Å²) in [6.45, 7) is 7.18. The molecule has 4 rings (SSSR count). The van der Waals surface area contributed by atoms with Gasteiger partial charge in [-0.05, 0) is 42.9 Å².